The first kappa shape index (κ1) is 23.1. The van der Waals surface area contributed by atoms with Crippen LogP contribution >= 0.6 is 11.6 Å². The molecule has 1 aliphatic carbocycles. The van der Waals surface area contributed by atoms with E-state index >= 15 is 0 Å². The minimum absolute atomic E-state index is 0.0330. The van der Waals surface area contributed by atoms with Gasteiger partial charge in [0.25, 0.3) is 18.3 Å². The van der Waals surface area contributed by atoms with Gasteiger partial charge in [0.1, 0.15) is 6.10 Å². The standard InChI is InChI=1S/C28H25ClN2O4/c29-22-7-3-19(4-8-22)27(33)30-23-9-5-18(6-10-23)20-1-2-21-16-31(28(34)26(21)15-20)24-11-13-25(14-12-24)35-17-32/h1-10,15,17,24-25H,11-14,16H2,(H,30,33). The number of rotatable bonds is 6. The molecule has 2 amide bonds. The zero-order chi connectivity index (χ0) is 24.4. The molecule has 0 unspecified atom stereocenters. The second-order valence-corrected chi connectivity index (χ2v) is 9.44. The van der Waals surface area contributed by atoms with Gasteiger partial charge < -0.3 is 15.0 Å². The van der Waals surface area contributed by atoms with Crippen LogP contribution in [0.5, 0.6) is 0 Å². The van der Waals surface area contributed by atoms with Crippen LogP contribution in [0.3, 0.4) is 0 Å². The number of amides is 2. The number of fused-ring (bicyclic) bond motifs is 1. The van der Waals surface area contributed by atoms with E-state index in [0.717, 1.165) is 47.9 Å². The second kappa shape index (κ2) is 9.92. The number of nitrogens with zero attached hydrogens (tertiary/aromatic N) is 1. The molecule has 1 fully saturated rings. The van der Waals surface area contributed by atoms with Crippen LogP contribution < -0.4 is 5.32 Å². The lowest BCUT2D eigenvalue weighted by atomic mass is 9.92. The maximum atomic E-state index is 13.2. The van der Waals surface area contributed by atoms with Gasteiger partial charge in [-0.05, 0) is 84.8 Å². The summed E-state index contributed by atoms with van der Waals surface area (Å²) in [6, 6.07) is 20.5. The van der Waals surface area contributed by atoms with Gasteiger partial charge in [-0.1, -0.05) is 35.9 Å². The van der Waals surface area contributed by atoms with Gasteiger partial charge in [-0.3, -0.25) is 14.4 Å². The van der Waals surface area contributed by atoms with Crippen molar-refractivity contribution in [3.63, 3.8) is 0 Å². The molecule has 1 saturated carbocycles. The van der Waals surface area contributed by atoms with Gasteiger partial charge in [-0.2, -0.15) is 0 Å². The van der Waals surface area contributed by atoms with E-state index in [4.69, 9.17) is 16.3 Å². The molecule has 5 rings (SSSR count). The highest BCUT2D eigenvalue weighted by atomic mass is 35.5. The molecule has 1 heterocycles. The number of carbonyl (C=O) groups is 3. The van der Waals surface area contributed by atoms with Crippen LogP contribution in [0.4, 0.5) is 5.69 Å². The van der Waals surface area contributed by atoms with E-state index in [0.29, 0.717) is 29.3 Å². The lowest BCUT2D eigenvalue weighted by Crippen LogP contribution is -2.39. The first-order valence-corrected chi connectivity index (χ1v) is 12.1. The second-order valence-electron chi connectivity index (χ2n) is 9.01. The zero-order valence-electron chi connectivity index (χ0n) is 19.1. The number of anilines is 1. The molecule has 3 aromatic carbocycles. The predicted octanol–water partition coefficient (Wildman–Crippen LogP) is 5.70. The lowest BCUT2D eigenvalue weighted by molar-refractivity contribution is -0.135. The third-order valence-corrected chi connectivity index (χ3v) is 7.11. The molecule has 0 bridgehead atoms. The molecule has 0 aromatic heterocycles. The van der Waals surface area contributed by atoms with Crippen LogP contribution in [0.15, 0.2) is 66.7 Å². The SMILES string of the molecule is O=COC1CCC(N2Cc3ccc(-c4ccc(NC(=O)c5ccc(Cl)cc5)cc4)cc3C2=O)CC1. The number of hydrogen-bond donors (Lipinski definition) is 1. The van der Waals surface area contributed by atoms with Gasteiger partial charge >= 0.3 is 0 Å². The van der Waals surface area contributed by atoms with Gasteiger partial charge in [0.15, 0.2) is 0 Å². The monoisotopic (exact) mass is 488 g/mol. The van der Waals surface area contributed by atoms with Gasteiger partial charge in [0, 0.05) is 34.4 Å². The Hall–Kier alpha value is -3.64. The van der Waals surface area contributed by atoms with Crippen molar-refractivity contribution >= 4 is 35.6 Å². The zero-order valence-corrected chi connectivity index (χ0v) is 19.8. The van der Waals surface area contributed by atoms with Crippen molar-refractivity contribution in [1.82, 2.24) is 4.90 Å². The summed E-state index contributed by atoms with van der Waals surface area (Å²) >= 11 is 5.89. The van der Waals surface area contributed by atoms with Crippen LogP contribution in [0.2, 0.25) is 5.02 Å². The molecule has 7 heteroatoms. The molecule has 2 aliphatic rings. The Bertz CT molecular complexity index is 1250. The van der Waals surface area contributed by atoms with E-state index in [9.17, 15) is 14.4 Å². The Kier molecular flexibility index (Phi) is 6.55. The van der Waals surface area contributed by atoms with Crippen LogP contribution in [-0.2, 0) is 16.1 Å². The van der Waals surface area contributed by atoms with Crippen LogP contribution in [0.25, 0.3) is 11.1 Å². The molecule has 6 nitrogen and oxygen atoms in total. The molecular formula is C28H25ClN2O4. The fourth-order valence-electron chi connectivity index (χ4n) is 4.92. The molecule has 0 saturated heterocycles. The number of ether oxygens (including phenoxy) is 1. The lowest BCUT2D eigenvalue weighted by Gasteiger charge is -2.33. The van der Waals surface area contributed by atoms with Crippen molar-refractivity contribution in [1.29, 1.82) is 0 Å². The quantitative estimate of drug-likeness (QED) is 0.451. The highest BCUT2D eigenvalue weighted by Crippen LogP contribution is 2.34. The first-order valence-electron chi connectivity index (χ1n) is 11.7. The fourth-order valence-corrected chi connectivity index (χ4v) is 5.05. The van der Waals surface area contributed by atoms with E-state index < -0.39 is 0 Å². The number of halogens is 1. The Balaban J connectivity index is 1.26. The summed E-state index contributed by atoms with van der Waals surface area (Å²) < 4.78 is 5.09. The normalized spacial score (nSPS) is 19.2. The summed E-state index contributed by atoms with van der Waals surface area (Å²) in [5.41, 5.74) is 4.93. The third-order valence-electron chi connectivity index (χ3n) is 6.86. The number of carbonyl (C=O) groups excluding carboxylic acids is 3. The summed E-state index contributed by atoms with van der Waals surface area (Å²) in [5.74, 6) is -0.141. The van der Waals surface area contributed by atoms with Crippen molar-refractivity contribution in [3.8, 4) is 11.1 Å². The molecule has 1 aliphatic heterocycles. The van der Waals surface area contributed by atoms with Gasteiger partial charge in [0.2, 0.25) is 0 Å². The third kappa shape index (κ3) is 4.93. The van der Waals surface area contributed by atoms with E-state index in [2.05, 4.69) is 5.32 Å². The van der Waals surface area contributed by atoms with Gasteiger partial charge in [-0.25, -0.2) is 0 Å². The minimum Gasteiger partial charge on any atom is -0.465 e. The summed E-state index contributed by atoms with van der Waals surface area (Å²) in [7, 11) is 0. The highest BCUT2D eigenvalue weighted by Gasteiger charge is 2.35. The van der Waals surface area contributed by atoms with E-state index in [1.54, 1.807) is 24.3 Å². The first-order chi connectivity index (χ1) is 17.0. The van der Waals surface area contributed by atoms with Crippen molar-refractivity contribution < 1.29 is 19.1 Å². The molecule has 0 radical (unpaired) electrons. The van der Waals surface area contributed by atoms with Crippen molar-refractivity contribution in [2.75, 3.05) is 5.32 Å². The van der Waals surface area contributed by atoms with Gasteiger partial charge in [0.05, 0.1) is 0 Å². The average Bonchev–Trinajstić information content (AvgIpc) is 3.21. The number of benzene rings is 3. The van der Waals surface area contributed by atoms with Crippen molar-refractivity contribution in [2.45, 2.75) is 44.4 Å². The Morgan fingerprint density at radius 1 is 0.943 bits per heavy atom. The summed E-state index contributed by atoms with van der Waals surface area (Å²) in [4.78, 5) is 38.2. The summed E-state index contributed by atoms with van der Waals surface area (Å²) in [5, 5.41) is 3.47. The maximum absolute atomic E-state index is 13.2. The summed E-state index contributed by atoms with van der Waals surface area (Å²) in [6.07, 6.45) is 3.22. The predicted molar refractivity (Wildman–Crippen MR) is 134 cm³/mol. The van der Waals surface area contributed by atoms with Crippen LogP contribution in [0, 0.1) is 0 Å². The molecule has 3 aromatic rings. The topological polar surface area (TPSA) is 75.7 Å². The average molecular weight is 489 g/mol. The van der Waals surface area contributed by atoms with Gasteiger partial charge in [-0.15, -0.1) is 0 Å². The van der Waals surface area contributed by atoms with E-state index in [-0.39, 0.29) is 24.0 Å². The molecule has 1 N–H and O–H groups in total. The molecular weight excluding hydrogens is 464 g/mol. The number of hydrogen-bond acceptors (Lipinski definition) is 4. The largest absolute Gasteiger partial charge is 0.465 e. The highest BCUT2D eigenvalue weighted by molar-refractivity contribution is 6.30. The van der Waals surface area contributed by atoms with E-state index in [1.165, 1.54) is 0 Å². The smallest absolute Gasteiger partial charge is 0.293 e. The summed E-state index contributed by atoms with van der Waals surface area (Å²) in [6.45, 7) is 1.14. The fraction of sp³-hybridized carbons (Fsp3) is 0.250. The Morgan fingerprint density at radius 2 is 1.63 bits per heavy atom. The van der Waals surface area contributed by atoms with Crippen molar-refractivity contribution in [2.24, 2.45) is 0 Å². The van der Waals surface area contributed by atoms with Crippen LogP contribution in [-0.4, -0.2) is 35.3 Å². The maximum Gasteiger partial charge on any atom is 0.293 e. The van der Waals surface area contributed by atoms with Crippen molar-refractivity contribution in [3.05, 3.63) is 88.4 Å². The molecule has 35 heavy (non-hydrogen) atoms. The molecule has 0 atom stereocenters. The number of nitrogens with one attached hydrogen (secondary N) is 1. The van der Waals surface area contributed by atoms with Crippen LogP contribution in [0.1, 0.15) is 52.0 Å². The Morgan fingerprint density at radius 3 is 2.31 bits per heavy atom. The Labute approximate surface area is 208 Å². The molecule has 178 valence electrons. The van der Waals surface area contributed by atoms with E-state index in [1.807, 2.05) is 47.4 Å². The minimum atomic E-state index is -0.204. The molecule has 0 spiro atoms.